The summed E-state index contributed by atoms with van der Waals surface area (Å²) >= 11 is 0. The summed E-state index contributed by atoms with van der Waals surface area (Å²) in [5.41, 5.74) is -0.110. The molecule has 0 amide bonds. The molecule has 1 unspecified atom stereocenters. The van der Waals surface area contributed by atoms with Crippen LogP contribution in [0.3, 0.4) is 0 Å². The van der Waals surface area contributed by atoms with Gasteiger partial charge in [-0.3, -0.25) is 4.90 Å². The zero-order valence-corrected chi connectivity index (χ0v) is 22.9. The zero-order valence-electron chi connectivity index (χ0n) is 22.1. The molecule has 2 atom stereocenters. The fourth-order valence-electron chi connectivity index (χ4n) is 6.13. The lowest BCUT2D eigenvalue weighted by Gasteiger charge is -2.39. The van der Waals surface area contributed by atoms with E-state index in [1.807, 2.05) is 0 Å². The van der Waals surface area contributed by atoms with E-state index in [4.69, 9.17) is 9.47 Å². The highest BCUT2D eigenvalue weighted by Gasteiger charge is 2.43. The molecule has 14 heteroatoms. The second-order valence-corrected chi connectivity index (χ2v) is 12.3. The van der Waals surface area contributed by atoms with Gasteiger partial charge in [0.1, 0.15) is 17.2 Å². The van der Waals surface area contributed by atoms with Crippen molar-refractivity contribution in [2.24, 2.45) is 0 Å². The van der Waals surface area contributed by atoms with Gasteiger partial charge in [0.25, 0.3) is 0 Å². The molecule has 3 aliphatic rings. The molecule has 216 valence electrons. The Morgan fingerprint density at radius 2 is 1.93 bits per heavy atom. The van der Waals surface area contributed by atoms with Crippen molar-refractivity contribution in [2.45, 2.75) is 48.5 Å². The van der Waals surface area contributed by atoms with Crippen LogP contribution in [0.15, 0.2) is 35.4 Å². The van der Waals surface area contributed by atoms with Crippen LogP contribution in [0.25, 0.3) is 11.0 Å². The number of aromatic nitrogens is 2. The van der Waals surface area contributed by atoms with Gasteiger partial charge in [-0.05, 0) is 31.4 Å². The number of morpholine rings is 1. The van der Waals surface area contributed by atoms with E-state index in [9.17, 15) is 21.6 Å². The van der Waals surface area contributed by atoms with Crippen LogP contribution < -0.4 is 15.4 Å². The molecule has 0 spiro atoms. The zero-order chi connectivity index (χ0) is 28.2. The molecular weight excluding hydrogens is 549 g/mol. The summed E-state index contributed by atoms with van der Waals surface area (Å²) in [6, 6.07) is 6.79. The largest absolute Gasteiger partial charge is 0.495 e. The number of piperidine rings is 1. The first-order chi connectivity index (χ1) is 19.1. The van der Waals surface area contributed by atoms with E-state index in [1.54, 1.807) is 6.07 Å². The lowest BCUT2D eigenvalue weighted by atomic mass is 10.0. The predicted molar refractivity (Wildman–Crippen MR) is 144 cm³/mol. The van der Waals surface area contributed by atoms with Crippen LogP contribution in [0, 0.1) is 0 Å². The Hall–Kier alpha value is -3.07. The first kappa shape index (κ1) is 27.1. The Balaban J connectivity index is 1.20. The van der Waals surface area contributed by atoms with Gasteiger partial charge in [-0.1, -0.05) is 0 Å². The van der Waals surface area contributed by atoms with Gasteiger partial charge >= 0.3 is 6.18 Å². The Bertz CT molecular complexity index is 1520. The van der Waals surface area contributed by atoms with Crippen molar-refractivity contribution in [1.82, 2.24) is 19.2 Å². The van der Waals surface area contributed by atoms with Crippen LogP contribution >= 0.6 is 0 Å². The smallest absolute Gasteiger partial charge is 0.418 e. The summed E-state index contributed by atoms with van der Waals surface area (Å²) in [5.74, 6) is 0.517. The third-order valence-corrected chi connectivity index (χ3v) is 10.0. The number of nitrogens with zero attached hydrogens (tertiary/aromatic N) is 3. The predicted octanol–water partition coefficient (Wildman–Crippen LogP) is 4.00. The van der Waals surface area contributed by atoms with Gasteiger partial charge in [0, 0.05) is 62.8 Å². The lowest BCUT2D eigenvalue weighted by molar-refractivity contribution is -0.136. The van der Waals surface area contributed by atoms with Crippen molar-refractivity contribution < 1.29 is 31.1 Å². The van der Waals surface area contributed by atoms with Gasteiger partial charge < -0.3 is 25.1 Å². The van der Waals surface area contributed by atoms with Gasteiger partial charge in [-0.25, -0.2) is 13.4 Å². The monoisotopic (exact) mass is 580 g/mol. The fourth-order valence-corrected chi connectivity index (χ4v) is 7.62. The summed E-state index contributed by atoms with van der Waals surface area (Å²) in [6.07, 6.45) is -0.726. The minimum Gasteiger partial charge on any atom is -0.495 e. The van der Waals surface area contributed by atoms with E-state index in [0.29, 0.717) is 37.0 Å². The van der Waals surface area contributed by atoms with Crippen molar-refractivity contribution >= 4 is 38.2 Å². The van der Waals surface area contributed by atoms with Crippen LogP contribution in [0.4, 0.5) is 30.4 Å². The van der Waals surface area contributed by atoms with E-state index in [1.165, 1.54) is 36.7 Å². The standard InChI is InChI=1S/C26H31F3N6O4S/c1-30-21-11-23(33-25-24(21)19(12-31-25)26(27,28)29)32-20-4-3-18(10-22(20)38-2)40(36,37)34-7-5-15(6-8-34)35-13-17-9-16(35)14-39-17/h3-4,10-12,15-17H,5-9,13-14H2,1-2H3,(H3,30,31,32,33)/t16-,17?/m0/s1. The van der Waals surface area contributed by atoms with E-state index >= 15 is 0 Å². The van der Waals surface area contributed by atoms with Crippen molar-refractivity contribution in [1.29, 1.82) is 0 Å². The molecule has 0 saturated carbocycles. The average Bonchev–Trinajstić information content (AvgIpc) is 3.69. The number of hydrogen-bond donors (Lipinski definition) is 3. The van der Waals surface area contributed by atoms with Gasteiger partial charge in [0.2, 0.25) is 10.0 Å². The number of rotatable bonds is 7. The normalized spacial score (nSPS) is 22.7. The highest BCUT2D eigenvalue weighted by Crippen LogP contribution is 2.40. The molecule has 0 radical (unpaired) electrons. The molecule has 10 nitrogen and oxygen atoms in total. The molecule has 0 aliphatic carbocycles. The molecule has 3 N–H and O–H groups in total. The summed E-state index contributed by atoms with van der Waals surface area (Å²) in [7, 11) is -0.798. The summed E-state index contributed by atoms with van der Waals surface area (Å²) in [4.78, 5) is 9.47. The number of sulfonamides is 1. The number of methoxy groups -OCH3 is 1. The number of pyridine rings is 1. The van der Waals surface area contributed by atoms with Crippen LogP contribution in [0.1, 0.15) is 24.8 Å². The highest BCUT2D eigenvalue weighted by atomic mass is 32.2. The SMILES string of the molecule is CNc1cc(Nc2ccc(S(=O)(=O)N3CCC(N4CC5C[C@H]4CO5)CC3)cc2OC)nc2[nH]cc(C(F)(F)F)c12. The molecule has 3 saturated heterocycles. The number of alkyl halides is 3. The Morgan fingerprint density at radius 1 is 1.15 bits per heavy atom. The molecule has 5 heterocycles. The van der Waals surface area contributed by atoms with Crippen molar-refractivity contribution in [3.63, 3.8) is 0 Å². The molecule has 2 bridgehead atoms. The first-order valence-electron chi connectivity index (χ1n) is 13.2. The van der Waals surface area contributed by atoms with Gasteiger partial charge in [0.15, 0.2) is 0 Å². The Morgan fingerprint density at radius 3 is 2.55 bits per heavy atom. The molecule has 3 fully saturated rings. The molecular formula is C26H31F3N6O4S. The molecule has 1 aromatic carbocycles. The van der Waals surface area contributed by atoms with E-state index in [-0.39, 0.29) is 33.2 Å². The van der Waals surface area contributed by atoms with Gasteiger partial charge in [-0.2, -0.15) is 17.5 Å². The molecule has 2 aromatic heterocycles. The molecule has 3 aliphatic heterocycles. The highest BCUT2D eigenvalue weighted by molar-refractivity contribution is 7.89. The lowest BCUT2D eigenvalue weighted by Crippen LogP contribution is -2.50. The Kier molecular flexibility index (Phi) is 6.84. The molecule has 3 aromatic rings. The molecule has 40 heavy (non-hydrogen) atoms. The summed E-state index contributed by atoms with van der Waals surface area (Å²) in [5, 5.41) is 5.77. The minimum absolute atomic E-state index is 0.0533. The van der Waals surface area contributed by atoms with Crippen molar-refractivity contribution in [2.75, 3.05) is 51.0 Å². The third-order valence-electron chi connectivity index (χ3n) is 8.13. The van der Waals surface area contributed by atoms with Crippen LogP contribution in [0.5, 0.6) is 5.75 Å². The van der Waals surface area contributed by atoms with Gasteiger partial charge in [-0.15, -0.1) is 0 Å². The van der Waals surface area contributed by atoms with Gasteiger partial charge in [0.05, 0.1) is 41.4 Å². The number of aromatic amines is 1. The fraction of sp³-hybridized carbons (Fsp3) is 0.500. The number of H-pyrrole nitrogens is 1. The number of hydrogen-bond acceptors (Lipinski definition) is 8. The number of anilines is 3. The second-order valence-electron chi connectivity index (χ2n) is 10.4. The number of ether oxygens (including phenoxy) is 2. The van der Waals surface area contributed by atoms with E-state index in [2.05, 4.69) is 25.5 Å². The number of halogens is 3. The number of likely N-dealkylation sites (tertiary alicyclic amines) is 1. The third kappa shape index (κ3) is 4.76. The summed E-state index contributed by atoms with van der Waals surface area (Å²) < 4.78 is 80.0. The van der Waals surface area contributed by atoms with E-state index in [0.717, 1.165) is 38.6 Å². The maximum absolute atomic E-state index is 13.5. The quantitative estimate of drug-likeness (QED) is 0.385. The average molecular weight is 581 g/mol. The maximum Gasteiger partial charge on any atom is 0.418 e. The van der Waals surface area contributed by atoms with Crippen LogP contribution in [-0.4, -0.2) is 86.2 Å². The van der Waals surface area contributed by atoms with Crippen LogP contribution in [-0.2, 0) is 20.9 Å². The number of nitrogens with one attached hydrogen (secondary N) is 3. The second kappa shape index (κ2) is 10.1. The number of benzene rings is 1. The van der Waals surface area contributed by atoms with Crippen molar-refractivity contribution in [3.8, 4) is 5.75 Å². The van der Waals surface area contributed by atoms with E-state index < -0.39 is 21.8 Å². The Labute approximate surface area is 229 Å². The molecule has 6 rings (SSSR count). The maximum atomic E-state index is 13.5. The number of fused-ring (bicyclic) bond motifs is 3. The van der Waals surface area contributed by atoms with Crippen LogP contribution in [0.2, 0.25) is 0 Å². The van der Waals surface area contributed by atoms with Crippen molar-refractivity contribution in [3.05, 3.63) is 36.0 Å². The topological polar surface area (TPSA) is 112 Å². The first-order valence-corrected chi connectivity index (χ1v) is 14.6. The minimum atomic E-state index is -4.54. The summed E-state index contributed by atoms with van der Waals surface area (Å²) in [6.45, 7) is 2.58.